The molecule has 2 rings (SSSR count). The van der Waals surface area contributed by atoms with Gasteiger partial charge in [-0.05, 0) is 43.4 Å². The molecule has 0 atom stereocenters. The van der Waals surface area contributed by atoms with E-state index >= 15 is 0 Å². The fourth-order valence-electron chi connectivity index (χ4n) is 2.45. The molecule has 0 saturated heterocycles. The summed E-state index contributed by atoms with van der Waals surface area (Å²) in [7, 11) is 0. The number of hydrogen-bond donors (Lipinski definition) is 1. The molecule has 1 amide bonds. The highest BCUT2D eigenvalue weighted by atomic mass is 16.2. The third kappa shape index (κ3) is 3.74. The van der Waals surface area contributed by atoms with Crippen molar-refractivity contribution in [2.45, 2.75) is 33.6 Å². The summed E-state index contributed by atoms with van der Waals surface area (Å²) in [6, 6.07) is 3.45. The number of rotatable bonds is 2. The van der Waals surface area contributed by atoms with Gasteiger partial charge in [-0.1, -0.05) is 19.4 Å². The van der Waals surface area contributed by atoms with Crippen molar-refractivity contribution in [1.82, 2.24) is 10.4 Å². The summed E-state index contributed by atoms with van der Waals surface area (Å²) >= 11 is 0. The lowest BCUT2D eigenvalue weighted by Crippen LogP contribution is -2.25. The van der Waals surface area contributed by atoms with Crippen LogP contribution in [0, 0.1) is 5.41 Å². The van der Waals surface area contributed by atoms with E-state index in [2.05, 4.69) is 42.4 Å². The average molecular weight is 257 g/mol. The molecule has 1 heterocycles. The molecule has 0 radical (unpaired) electrons. The molecule has 19 heavy (non-hydrogen) atoms. The second-order valence-electron chi connectivity index (χ2n) is 5.79. The number of carbonyl (C=O) groups is 1. The molecule has 4 heteroatoms. The van der Waals surface area contributed by atoms with Crippen LogP contribution in [0.5, 0.6) is 0 Å². The van der Waals surface area contributed by atoms with Gasteiger partial charge >= 0.3 is 0 Å². The van der Waals surface area contributed by atoms with Gasteiger partial charge in [0.2, 0.25) is 0 Å². The monoisotopic (exact) mass is 257 g/mol. The SMILES string of the molecule is CC1=C/C(=N/NC(=O)c2cccnc2)CC(C)(C)C1. The Kier molecular flexibility index (Phi) is 3.79. The van der Waals surface area contributed by atoms with E-state index in [1.54, 1.807) is 18.3 Å². The molecular formula is C15H19N3O. The van der Waals surface area contributed by atoms with Gasteiger partial charge in [-0.25, -0.2) is 5.43 Å². The Labute approximate surface area is 113 Å². The average Bonchev–Trinajstić information content (AvgIpc) is 2.34. The maximum atomic E-state index is 11.9. The second-order valence-corrected chi connectivity index (χ2v) is 5.79. The lowest BCUT2D eigenvalue weighted by atomic mass is 9.77. The van der Waals surface area contributed by atoms with E-state index in [0.29, 0.717) is 5.56 Å². The fraction of sp³-hybridized carbons (Fsp3) is 0.400. The highest BCUT2D eigenvalue weighted by molar-refractivity contribution is 5.99. The maximum absolute atomic E-state index is 11.9. The van der Waals surface area contributed by atoms with E-state index in [4.69, 9.17) is 0 Å². The topological polar surface area (TPSA) is 54.4 Å². The lowest BCUT2D eigenvalue weighted by Gasteiger charge is -2.29. The molecule has 4 nitrogen and oxygen atoms in total. The summed E-state index contributed by atoms with van der Waals surface area (Å²) in [5.41, 5.74) is 5.53. The van der Waals surface area contributed by atoms with Crippen LogP contribution in [0.1, 0.15) is 44.0 Å². The van der Waals surface area contributed by atoms with Crippen molar-refractivity contribution in [3.63, 3.8) is 0 Å². The van der Waals surface area contributed by atoms with Gasteiger partial charge in [-0.2, -0.15) is 5.10 Å². The molecule has 100 valence electrons. The zero-order valence-corrected chi connectivity index (χ0v) is 11.6. The minimum Gasteiger partial charge on any atom is -0.267 e. The molecule has 0 aromatic carbocycles. The summed E-state index contributed by atoms with van der Waals surface area (Å²) in [5.74, 6) is -0.227. The molecule has 0 saturated carbocycles. The highest BCUT2D eigenvalue weighted by Gasteiger charge is 2.24. The van der Waals surface area contributed by atoms with Crippen molar-refractivity contribution in [2.75, 3.05) is 0 Å². The summed E-state index contributed by atoms with van der Waals surface area (Å²) < 4.78 is 0. The van der Waals surface area contributed by atoms with E-state index in [0.717, 1.165) is 18.6 Å². The van der Waals surface area contributed by atoms with Crippen LogP contribution in [0.3, 0.4) is 0 Å². The Hall–Kier alpha value is -1.97. The van der Waals surface area contributed by atoms with E-state index in [9.17, 15) is 4.79 Å². The quantitative estimate of drug-likeness (QED) is 0.828. The number of aromatic nitrogens is 1. The predicted octanol–water partition coefficient (Wildman–Crippen LogP) is 2.93. The molecule has 1 aromatic heterocycles. The minimum absolute atomic E-state index is 0.205. The van der Waals surface area contributed by atoms with Crippen molar-refractivity contribution in [3.8, 4) is 0 Å². The maximum Gasteiger partial charge on any atom is 0.272 e. The van der Waals surface area contributed by atoms with Gasteiger partial charge in [0.25, 0.3) is 5.91 Å². The Balaban J connectivity index is 2.07. The second kappa shape index (κ2) is 5.34. The van der Waals surface area contributed by atoms with E-state index in [1.807, 2.05) is 0 Å². The minimum atomic E-state index is -0.227. The van der Waals surface area contributed by atoms with Crippen LogP contribution in [0.2, 0.25) is 0 Å². The number of nitrogens with zero attached hydrogens (tertiary/aromatic N) is 2. The Bertz CT molecular complexity index is 530. The molecule has 1 aliphatic carbocycles. The first kappa shape index (κ1) is 13.5. The van der Waals surface area contributed by atoms with Crippen LogP contribution in [0.15, 0.2) is 41.3 Å². The lowest BCUT2D eigenvalue weighted by molar-refractivity contribution is 0.0954. The zero-order valence-electron chi connectivity index (χ0n) is 11.6. The summed E-state index contributed by atoms with van der Waals surface area (Å²) in [6.07, 6.45) is 7.16. The van der Waals surface area contributed by atoms with Crippen LogP contribution in [0.25, 0.3) is 0 Å². The van der Waals surface area contributed by atoms with Gasteiger partial charge < -0.3 is 0 Å². The van der Waals surface area contributed by atoms with Crippen molar-refractivity contribution >= 4 is 11.6 Å². The number of hydrazone groups is 1. The normalized spacial score (nSPS) is 19.9. The summed E-state index contributed by atoms with van der Waals surface area (Å²) in [5, 5.41) is 4.22. The van der Waals surface area contributed by atoms with Gasteiger partial charge in [0.1, 0.15) is 0 Å². The molecular weight excluding hydrogens is 238 g/mol. The van der Waals surface area contributed by atoms with Crippen molar-refractivity contribution < 1.29 is 4.79 Å². The molecule has 0 fully saturated rings. The number of amides is 1. The highest BCUT2D eigenvalue weighted by Crippen LogP contribution is 2.33. The van der Waals surface area contributed by atoms with E-state index in [1.165, 1.54) is 11.8 Å². The predicted molar refractivity (Wildman–Crippen MR) is 75.9 cm³/mol. The first-order chi connectivity index (χ1) is 8.96. The largest absolute Gasteiger partial charge is 0.272 e. The van der Waals surface area contributed by atoms with Gasteiger partial charge in [0, 0.05) is 12.4 Å². The molecule has 0 spiro atoms. The molecule has 1 N–H and O–H groups in total. The first-order valence-electron chi connectivity index (χ1n) is 6.40. The van der Waals surface area contributed by atoms with Gasteiger partial charge in [0.15, 0.2) is 0 Å². The molecule has 1 aromatic rings. The molecule has 1 aliphatic rings. The Morgan fingerprint density at radius 3 is 2.84 bits per heavy atom. The number of nitrogens with one attached hydrogen (secondary N) is 1. The van der Waals surface area contributed by atoms with Gasteiger partial charge in [0.05, 0.1) is 11.3 Å². The van der Waals surface area contributed by atoms with Crippen LogP contribution < -0.4 is 5.43 Å². The number of carbonyl (C=O) groups excluding carboxylic acids is 1. The Morgan fingerprint density at radius 1 is 1.42 bits per heavy atom. The van der Waals surface area contributed by atoms with Crippen LogP contribution >= 0.6 is 0 Å². The van der Waals surface area contributed by atoms with Crippen LogP contribution in [-0.4, -0.2) is 16.6 Å². The van der Waals surface area contributed by atoms with E-state index in [-0.39, 0.29) is 11.3 Å². The smallest absolute Gasteiger partial charge is 0.267 e. The Morgan fingerprint density at radius 2 is 2.21 bits per heavy atom. The van der Waals surface area contributed by atoms with Crippen molar-refractivity contribution in [3.05, 3.63) is 41.7 Å². The number of allylic oxidation sites excluding steroid dienone is 2. The van der Waals surface area contributed by atoms with Crippen molar-refractivity contribution in [2.24, 2.45) is 10.5 Å². The third-order valence-electron chi connectivity index (χ3n) is 3.05. The zero-order chi connectivity index (χ0) is 13.9. The third-order valence-corrected chi connectivity index (χ3v) is 3.05. The standard InChI is InChI=1S/C15H19N3O/c1-11-7-13(9-15(2,3)8-11)17-18-14(19)12-5-4-6-16-10-12/h4-7,10H,8-9H2,1-3H3,(H,18,19)/b17-13-. The fourth-order valence-corrected chi connectivity index (χ4v) is 2.45. The van der Waals surface area contributed by atoms with E-state index < -0.39 is 0 Å². The number of pyridine rings is 1. The van der Waals surface area contributed by atoms with Gasteiger partial charge in [-0.15, -0.1) is 0 Å². The van der Waals surface area contributed by atoms with Crippen LogP contribution in [-0.2, 0) is 0 Å². The molecule has 0 aliphatic heterocycles. The molecule has 0 unspecified atom stereocenters. The summed E-state index contributed by atoms with van der Waals surface area (Å²) in [4.78, 5) is 15.8. The van der Waals surface area contributed by atoms with Crippen molar-refractivity contribution in [1.29, 1.82) is 0 Å². The molecule has 0 bridgehead atoms. The van der Waals surface area contributed by atoms with Gasteiger partial charge in [-0.3, -0.25) is 9.78 Å². The van der Waals surface area contributed by atoms with Crippen LogP contribution in [0.4, 0.5) is 0 Å². The number of hydrogen-bond acceptors (Lipinski definition) is 3. The summed E-state index contributed by atoms with van der Waals surface area (Å²) in [6.45, 7) is 6.52. The first-order valence-corrected chi connectivity index (χ1v) is 6.40.